The molecule has 0 heterocycles. The molecule has 2 aromatic rings. The van der Waals surface area contributed by atoms with Gasteiger partial charge in [0.1, 0.15) is 11.5 Å². The molecule has 0 aliphatic carbocycles. The lowest BCUT2D eigenvalue weighted by Gasteiger charge is -2.03. The number of carbonyl (C=O) groups excluding carboxylic acids is 1. The lowest BCUT2D eigenvalue weighted by atomic mass is 10.2. The van der Waals surface area contributed by atoms with Crippen molar-refractivity contribution in [3.8, 4) is 11.5 Å². The number of esters is 1. The Balaban J connectivity index is 1.95. The SMILES string of the molecule is O=C(/C=C/C=C/c1ccc(O)cc1)Oc1ccc([N+](=O)[O-])cc1Cl. The number of rotatable bonds is 5. The second-order valence-corrected chi connectivity index (χ2v) is 5.01. The number of allylic oxidation sites excluding steroid dienone is 2. The monoisotopic (exact) mass is 345 g/mol. The summed E-state index contributed by atoms with van der Waals surface area (Å²) in [7, 11) is 0. The van der Waals surface area contributed by atoms with Gasteiger partial charge in [-0.25, -0.2) is 4.79 Å². The average molecular weight is 346 g/mol. The lowest BCUT2D eigenvalue weighted by molar-refractivity contribution is -0.384. The van der Waals surface area contributed by atoms with Gasteiger partial charge in [-0.1, -0.05) is 42.0 Å². The molecule has 0 saturated heterocycles. The Morgan fingerprint density at radius 3 is 2.50 bits per heavy atom. The number of hydrogen-bond acceptors (Lipinski definition) is 5. The van der Waals surface area contributed by atoms with Crippen LogP contribution in [0.5, 0.6) is 11.5 Å². The summed E-state index contributed by atoms with van der Waals surface area (Å²) >= 11 is 5.83. The molecule has 7 heteroatoms. The van der Waals surface area contributed by atoms with E-state index in [9.17, 15) is 14.9 Å². The van der Waals surface area contributed by atoms with Crippen molar-refractivity contribution in [1.82, 2.24) is 0 Å². The molecule has 0 unspecified atom stereocenters. The first-order chi connectivity index (χ1) is 11.5. The molecule has 0 saturated carbocycles. The Morgan fingerprint density at radius 1 is 1.17 bits per heavy atom. The van der Waals surface area contributed by atoms with E-state index >= 15 is 0 Å². The first kappa shape index (κ1) is 17.2. The Bertz CT molecular complexity index is 812. The van der Waals surface area contributed by atoms with Crippen LogP contribution in [0.3, 0.4) is 0 Å². The smallest absolute Gasteiger partial charge is 0.336 e. The second-order valence-electron chi connectivity index (χ2n) is 4.60. The van der Waals surface area contributed by atoms with Crippen molar-refractivity contribution in [2.24, 2.45) is 0 Å². The van der Waals surface area contributed by atoms with Crippen molar-refractivity contribution >= 4 is 29.3 Å². The van der Waals surface area contributed by atoms with Gasteiger partial charge in [0.25, 0.3) is 5.69 Å². The van der Waals surface area contributed by atoms with Crippen LogP contribution < -0.4 is 4.74 Å². The van der Waals surface area contributed by atoms with Gasteiger partial charge in [-0.2, -0.15) is 0 Å². The van der Waals surface area contributed by atoms with Crippen molar-refractivity contribution in [3.63, 3.8) is 0 Å². The minimum Gasteiger partial charge on any atom is -0.508 e. The fraction of sp³-hybridized carbons (Fsp3) is 0. The van der Waals surface area contributed by atoms with E-state index in [1.54, 1.807) is 36.4 Å². The zero-order valence-corrected chi connectivity index (χ0v) is 13.0. The number of hydrogen-bond donors (Lipinski definition) is 1. The van der Waals surface area contributed by atoms with E-state index < -0.39 is 10.9 Å². The van der Waals surface area contributed by atoms with Crippen LogP contribution in [0.4, 0.5) is 5.69 Å². The van der Waals surface area contributed by atoms with Crippen molar-refractivity contribution in [3.05, 3.63) is 81.4 Å². The summed E-state index contributed by atoms with van der Waals surface area (Å²) in [5.41, 5.74) is 0.663. The molecule has 24 heavy (non-hydrogen) atoms. The average Bonchev–Trinajstić information content (AvgIpc) is 2.55. The van der Waals surface area contributed by atoms with Crippen molar-refractivity contribution < 1.29 is 19.6 Å². The van der Waals surface area contributed by atoms with Gasteiger partial charge in [-0.05, 0) is 23.8 Å². The molecule has 2 aromatic carbocycles. The summed E-state index contributed by atoms with van der Waals surface area (Å²) in [4.78, 5) is 21.7. The molecular weight excluding hydrogens is 334 g/mol. The topological polar surface area (TPSA) is 89.7 Å². The molecule has 1 N–H and O–H groups in total. The van der Waals surface area contributed by atoms with E-state index in [-0.39, 0.29) is 22.2 Å². The van der Waals surface area contributed by atoms with Crippen molar-refractivity contribution in [2.75, 3.05) is 0 Å². The van der Waals surface area contributed by atoms with Crippen LogP contribution in [0, 0.1) is 10.1 Å². The number of benzene rings is 2. The fourth-order valence-corrected chi connectivity index (χ4v) is 1.93. The molecule has 6 nitrogen and oxygen atoms in total. The summed E-state index contributed by atoms with van der Waals surface area (Å²) in [6, 6.07) is 10.1. The minimum absolute atomic E-state index is 0.0226. The summed E-state index contributed by atoms with van der Waals surface area (Å²) in [5, 5.41) is 19.7. The summed E-state index contributed by atoms with van der Waals surface area (Å²) in [5.74, 6) is -0.452. The first-order valence-corrected chi connectivity index (χ1v) is 7.13. The number of aromatic hydroxyl groups is 1. The van der Waals surface area contributed by atoms with Gasteiger partial charge in [0, 0.05) is 18.2 Å². The number of halogens is 1. The van der Waals surface area contributed by atoms with Crippen LogP contribution in [-0.4, -0.2) is 16.0 Å². The lowest BCUT2D eigenvalue weighted by Crippen LogP contribution is -2.04. The Morgan fingerprint density at radius 2 is 1.88 bits per heavy atom. The third-order valence-electron chi connectivity index (χ3n) is 2.86. The molecule has 0 bridgehead atoms. The number of nitrogens with zero attached hydrogens (tertiary/aromatic N) is 1. The third kappa shape index (κ3) is 4.96. The van der Waals surface area contributed by atoms with Gasteiger partial charge < -0.3 is 9.84 Å². The number of phenols is 1. The summed E-state index contributed by atoms with van der Waals surface area (Å²) < 4.78 is 5.00. The largest absolute Gasteiger partial charge is 0.508 e. The standard InChI is InChI=1S/C17H12ClNO5/c18-15-11-13(19(22)23)7-10-16(15)24-17(21)4-2-1-3-12-5-8-14(20)9-6-12/h1-11,20H/b3-1+,4-2+. The highest BCUT2D eigenvalue weighted by atomic mass is 35.5. The van der Waals surface area contributed by atoms with Crippen molar-refractivity contribution in [1.29, 1.82) is 0 Å². The van der Waals surface area contributed by atoms with E-state index in [0.717, 1.165) is 11.6 Å². The molecule has 2 rings (SSSR count). The van der Waals surface area contributed by atoms with Gasteiger partial charge >= 0.3 is 5.97 Å². The number of nitro benzene ring substituents is 1. The predicted molar refractivity (Wildman–Crippen MR) is 90.0 cm³/mol. The zero-order chi connectivity index (χ0) is 17.5. The highest BCUT2D eigenvalue weighted by Crippen LogP contribution is 2.28. The first-order valence-electron chi connectivity index (χ1n) is 6.75. The number of nitro groups is 1. The van der Waals surface area contributed by atoms with Crippen LogP contribution in [0.1, 0.15) is 5.56 Å². The molecular formula is C17H12ClNO5. The van der Waals surface area contributed by atoms with Gasteiger partial charge in [-0.15, -0.1) is 0 Å². The van der Waals surface area contributed by atoms with Crippen LogP contribution in [0.2, 0.25) is 5.02 Å². The quantitative estimate of drug-likeness (QED) is 0.220. The summed E-state index contributed by atoms with van der Waals surface area (Å²) in [6.45, 7) is 0. The third-order valence-corrected chi connectivity index (χ3v) is 3.16. The predicted octanol–water partition coefficient (Wildman–Crippen LogP) is 4.13. The Kier molecular flexibility index (Phi) is 5.70. The van der Waals surface area contributed by atoms with E-state index in [0.29, 0.717) is 0 Å². The zero-order valence-electron chi connectivity index (χ0n) is 12.3. The number of phenolic OH excluding ortho intramolecular Hbond substituents is 1. The van der Waals surface area contributed by atoms with E-state index in [1.165, 1.54) is 24.3 Å². The van der Waals surface area contributed by atoms with Gasteiger partial charge in [0.2, 0.25) is 0 Å². The highest BCUT2D eigenvalue weighted by Gasteiger charge is 2.11. The molecule has 0 aromatic heterocycles. The minimum atomic E-state index is -0.666. The molecule has 0 amide bonds. The van der Waals surface area contributed by atoms with E-state index in [1.807, 2.05) is 0 Å². The number of ether oxygens (including phenoxy) is 1. The van der Waals surface area contributed by atoms with E-state index in [4.69, 9.17) is 21.4 Å². The van der Waals surface area contributed by atoms with E-state index in [2.05, 4.69) is 0 Å². The maximum Gasteiger partial charge on any atom is 0.336 e. The molecule has 0 spiro atoms. The Hall–Kier alpha value is -3.12. The number of carbonyl (C=O) groups is 1. The van der Waals surface area contributed by atoms with Gasteiger partial charge in [-0.3, -0.25) is 10.1 Å². The van der Waals surface area contributed by atoms with Crippen LogP contribution >= 0.6 is 11.6 Å². The second kappa shape index (κ2) is 7.94. The molecule has 0 atom stereocenters. The number of non-ortho nitro benzene ring substituents is 1. The highest BCUT2D eigenvalue weighted by molar-refractivity contribution is 6.32. The van der Waals surface area contributed by atoms with Crippen LogP contribution in [0.25, 0.3) is 6.08 Å². The molecule has 0 radical (unpaired) electrons. The molecule has 0 aliphatic rings. The Labute approximate surface area is 142 Å². The molecule has 0 aliphatic heterocycles. The fourth-order valence-electron chi connectivity index (χ4n) is 1.71. The normalized spacial score (nSPS) is 11.0. The summed E-state index contributed by atoms with van der Waals surface area (Å²) in [6.07, 6.45) is 6.04. The van der Waals surface area contributed by atoms with Crippen LogP contribution in [-0.2, 0) is 4.79 Å². The van der Waals surface area contributed by atoms with Gasteiger partial charge in [0.05, 0.1) is 9.95 Å². The van der Waals surface area contributed by atoms with Gasteiger partial charge in [0.15, 0.2) is 0 Å². The maximum atomic E-state index is 11.7. The van der Waals surface area contributed by atoms with Crippen LogP contribution in [0.15, 0.2) is 60.7 Å². The molecule has 0 fully saturated rings. The maximum absolute atomic E-state index is 11.7. The van der Waals surface area contributed by atoms with Crippen molar-refractivity contribution in [2.45, 2.75) is 0 Å². The molecule has 122 valence electrons.